The molecule has 3 rings (SSSR count). The van der Waals surface area contributed by atoms with Gasteiger partial charge in [0.2, 0.25) is 0 Å². The van der Waals surface area contributed by atoms with E-state index < -0.39 is 0 Å². The molecular weight excluding hydrogens is 324 g/mol. The molecule has 26 heavy (non-hydrogen) atoms. The number of methoxy groups -OCH3 is 1. The van der Waals surface area contributed by atoms with Gasteiger partial charge < -0.3 is 4.74 Å². The fraction of sp³-hybridized carbons (Fsp3) is 0.238. The Morgan fingerprint density at radius 2 is 1.73 bits per heavy atom. The van der Waals surface area contributed by atoms with Crippen LogP contribution < -0.4 is 4.74 Å². The molecule has 0 bridgehead atoms. The van der Waals surface area contributed by atoms with Crippen LogP contribution in [-0.2, 0) is 0 Å². The third kappa shape index (κ3) is 4.30. The Hall–Kier alpha value is -3.08. The van der Waals surface area contributed by atoms with Gasteiger partial charge in [0.05, 0.1) is 18.8 Å². The van der Waals surface area contributed by atoms with Gasteiger partial charge in [-0.1, -0.05) is 42.0 Å². The number of aromatic nitrogens is 2. The molecule has 3 aromatic rings. The van der Waals surface area contributed by atoms with Gasteiger partial charge in [0.15, 0.2) is 5.82 Å². The lowest BCUT2D eigenvalue weighted by molar-refractivity contribution is 0.415. The molecule has 1 unspecified atom stereocenters. The Morgan fingerprint density at radius 1 is 0.962 bits per heavy atom. The van der Waals surface area contributed by atoms with Crippen LogP contribution in [0.3, 0.4) is 0 Å². The topological polar surface area (TPSA) is 59.7 Å². The molecule has 0 amide bonds. The van der Waals surface area contributed by atoms with Crippen LogP contribution in [0.5, 0.6) is 5.75 Å². The van der Waals surface area contributed by atoms with E-state index in [1.54, 1.807) is 7.11 Å². The van der Waals surface area contributed by atoms with Crippen molar-refractivity contribution in [3.05, 3.63) is 71.5 Å². The number of nitrogens with zero attached hydrogens (tertiary/aromatic N) is 4. The predicted molar refractivity (Wildman–Crippen MR) is 103 cm³/mol. The molecule has 5 heteroatoms. The Kier molecular flexibility index (Phi) is 5.37. The van der Waals surface area contributed by atoms with Crippen molar-refractivity contribution in [1.82, 2.24) is 9.97 Å². The van der Waals surface area contributed by atoms with Crippen molar-refractivity contribution in [2.45, 2.75) is 26.8 Å². The van der Waals surface area contributed by atoms with E-state index in [4.69, 9.17) is 4.74 Å². The summed E-state index contributed by atoms with van der Waals surface area (Å²) in [6.45, 7) is 5.94. The van der Waals surface area contributed by atoms with E-state index in [0.717, 1.165) is 22.6 Å². The van der Waals surface area contributed by atoms with Crippen LogP contribution >= 0.6 is 0 Å². The molecule has 0 N–H and O–H groups in total. The summed E-state index contributed by atoms with van der Waals surface area (Å²) in [6, 6.07) is 17.9. The van der Waals surface area contributed by atoms with Crippen molar-refractivity contribution in [3.8, 4) is 17.0 Å². The van der Waals surface area contributed by atoms with E-state index in [1.807, 2.05) is 44.2 Å². The molecule has 0 radical (unpaired) electrons. The maximum Gasteiger partial charge on any atom is 0.177 e. The lowest BCUT2D eigenvalue weighted by atomic mass is 10.1. The van der Waals surface area contributed by atoms with Crippen LogP contribution in [0, 0.1) is 13.8 Å². The van der Waals surface area contributed by atoms with Gasteiger partial charge in [-0.15, -0.1) is 5.11 Å². The monoisotopic (exact) mass is 346 g/mol. The van der Waals surface area contributed by atoms with Gasteiger partial charge in [-0.25, -0.2) is 9.97 Å². The molecule has 0 saturated heterocycles. The molecule has 1 atom stereocenters. The Bertz CT molecular complexity index is 920. The maximum atomic E-state index is 5.29. The predicted octanol–water partition coefficient (Wildman–Crippen LogP) is 5.61. The van der Waals surface area contributed by atoms with Crippen molar-refractivity contribution >= 4 is 5.82 Å². The first-order valence-electron chi connectivity index (χ1n) is 8.52. The second-order valence-corrected chi connectivity index (χ2v) is 6.19. The Morgan fingerprint density at radius 3 is 2.46 bits per heavy atom. The first kappa shape index (κ1) is 17.7. The standard InChI is InChI=1S/C21H22N4O/c1-14-8-10-17(11-9-14)15(2)24-25-21-13-20(22-16(3)23-21)18-6-5-7-19(12-18)26-4/h5-13,15H,1-4H3. The SMILES string of the molecule is COc1cccc(-c2cc(N=NC(C)c3ccc(C)cc3)nc(C)n2)c1. The summed E-state index contributed by atoms with van der Waals surface area (Å²) < 4.78 is 5.29. The second kappa shape index (κ2) is 7.87. The van der Waals surface area contributed by atoms with Gasteiger partial charge in [-0.3, -0.25) is 0 Å². The lowest BCUT2D eigenvalue weighted by Crippen LogP contribution is -1.92. The van der Waals surface area contributed by atoms with E-state index in [0.29, 0.717) is 11.6 Å². The van der Waals surface area contributed by atoms with E-state index >= 15 is 0 Å². The summed E-state index contributed by atoms with van der Waals surface area (Å²) in [5.74, 6) is 1.99. The minimum absolute atomic E-state index is 0.0360. The van der Waals surface area contributed by atoms with Gasteiger partial charge in [-0.05, 0) is 38.5 Å². The number of azo groups is 1. The van der Waals surface area contributed by atoms with E-state index in [9.17, 15) is 0 Å². The number of hydrogen-bond donors (Lipinski definition) is 0. The van der Waals surface area contributed by atoms with Crippen LogP contribution in [0.2, 0.25) is 0 Å². The average molecular weight is 346 g/mol. The largest absolute Gasteiger partial charge is 0.497 e. The highest BCUT2D eigenvalue weighted by atomic mass is 16.5. The minimum Gasteiger partial charge on any atom is -0.497 e. The number of hydrogen-bond acceptors (Lipinski definition) is 5. The highest BCUT2D eigenvalue weighted by Crippen LogP contribution is 2.26. The number of rotatable bonds is 5. The number of benzene rings is 2. The normalized spacial score (nSPS) is 12.3. The molecule has 5 nitrogen and oxygen atoms in total. The summed E-state index contributed by atoms with van der Waals surface area (Å²) in [7, 11) is 1.65. The molecule has 0 aliphatic carbocycles. The molecule has 1 heterocycles. The first-order valence-corrected chi connectivity index (χ1v) is 8.52. The third-order valence-electron chi connectivity index (χ3n) is 4.08. The molecule has 2 aromatic carbocycles. The summed E-state index contributed by atoms with van der Waals surface area (Å²) in [5, 5.41) is 8.75. The van der Waals surface area contributed by atoms with Crippen LogP contribution in [0.4, 0.5) is 5.82 Å². The van der Waals surface area contributed by atoms with E-state index in [1.165, 1.54) is 5.56 Å². The number of aryl methyl sites for hydroxylation is 2. The fourth-order valence-electron chi connectivity index (χ4n) is 2.59. The van der Waals surface area contributed by atoms with Gasteiger partial charge in [-0.2, -0.15) is 5.11 Å². The van der Waals surface area contributed by atoms with Crippen LogP contribution in [-0.4, -0.2) is 17.1 Å². The van der Waals surface area contributed by atoms with Crippen LogP contribution in [0.1, 0.15) is 29.9 Å². The Balaban J connectivity index is 1.86. The molecule has 0 saturated carbocycles. The van der Waals surface area contributed by atoms with Gasteiger partial charge in [0.1, 0.15) is 11.6 Å². The van der Waals surface area contributed by atoms with Crippen LogP contribution in [0.25, 0.3) is 11.3 Å². The molecule has 0 aliphatic rings. The first-order chi connectivity index (χ1) is 12.5. The zero-order valence-corrected chi connectivity index (χ0v) is 15.5. The van der Waals surface area contributed by atoms with Crippen molar-refractivity contribution in [2.24, 2.45) is 10.2 Å². The third-order valence-corrected chi connectivity index (χ3v) is 4.08. The van der Waals surface area contributed by atoms with Gasteiger partial charge in [0.25, 0.3) is 0 Å². The summed E-state index contributed by atoms with van der Waals surface area (Å²) in [5.41, 5.74) is 4.11. The van der Waals surface area contributed by atoms with Crippen molar-refractivity contribution in [2.75, 3.05) is 7.11 Å². The van der Waals surface area contributed by atoms with Crippen molar-refractivity contribution in [1.29, 1.82) is 0 Å². The van der Waals surface area contributed by atoms with Crippen molar-refractivity contribution < 1.29 is 4.74 Å². The molecule has 0 aliphatic heterocycles. The second-order valence-electron chi connectivity index (χ2n) is 6.19. The van der Waals surface area contributed by atoms with E-state index in [2.05, 4.69) is 51.4 Å². The zero-order valence-electron chi connectivity index (χ0n) is 15.5. The smallest absolute Gasteiger partial charge is 0.177 e. The minimum atomic E-state index is -0.0360. The highest BCUT2D eigenvalue weighted by Gasteiger charge is 2.07. The highest BCUT2D eigenvalue weighted by molar-refractivity contribution is 5.63. The molecular formula is C21H22N4O. The van der Waals surface area contributed by atoms with Gasteiger partial charge in [0, 0.05) is 11.6 Å². The zero-order chi connectivity index (χ0) is 18.5. The maximum absolute atomic E-state index is 5.29. The van der Waals surface area contributed by atoms with Crippen LogP contribution in [0.15, 0.2) is 64.8 Å². The average Bonchev–Trinajstić information content (AvgIpc) is 2.66. The Labute approximate surface area is 153 Å². The lowest BCUT2D eigenvalue weighted by Gasteiger charge is -2.07. The summed E-state index contributed by atoms with van der Waals surface area (Å²) >= 11 is 0. The van der Waals surface area contributed by atoms with Crippen molar-refractivity contribution in [3.63, 3.8) is 0 Å². The molecule has 132 valence electrons. The molecule has 0 spiro atoms. The van der Waals surface area contributed by atoms with E-state index in [-0.39, 0.29) is 6.04 Å². The quantitative estimate of drug-likeness (QED) is 0.564. The fourth-order valence-corrected chi connectivity index (χ4v) is 2.59. The van der Waals surface area contributed by atoms with Gasteiger partial charge >= 0.3 is 0 Å². The summed E-state index contributed by atoms with van der Waals surface area (Å²) in [4.78, 5) is 8.89. The summed E-state index contributed by atoms with van der Waals surface area (Å²) in [6.07, 6.45) is 0. The number of ether oxygens (including phenoxy) is 1. The molecule has 1 aromatic heterocycles. The molecule has 0 fully saturated rings.